The van der Waals surface area contributed by atoms with Crippen LogP contribution in [0.1, 0.15) is 71.1 Å². The van der Waals surface area contributed by atoms with Gasteiger partial charge in [0.1, 0.15) is 5.60 Å². The summed E-state index contributed by atoms with van der Waals surface area (Å²) in [5, 5.41) is 11.1. The third-order valence-corrected chi connectivity index (χ3v) is 8.10. The van der Waals surface area contributed by atoms with Crippen LogP contribution in [0.25, 0.3) is 0 Å². The zero-order valence-corrected chi connectivity index (χ0v) is 14.0. The van der Waals surface area contributed by atoms with E-state index in [-0.39, 0.29) is 5.41 Å². The van der Waals surface area contributed by atoms with Crippen LogP contribution in [0.15, 0.2) is 11.6 Å². The van der Waals surface area contributed by atoms with Crippen LogP contribution in [0.5, 0.6) is 0 Å². The van der Waals surface area contributed by atoms with Crippen molar-refractivity contribution in [3.8, 4) is 12.3 Å². The molecule has 1 unspecified atom stereocenters. The summed E-state index contributed by atoms with van der Waals surface area (Å²) < 4.78 is 0. The van der Waals surface area contributed by atoms with Gasteiger partial charge in [0.15, 0.2) is 0 Å². The fraction of sp³-hybridized carbons (Fsp3) is 0.810. The standard InChI is InChI=1S/C21H30O/c1-3-20-13-11-17-16-8-6-5-7-15(16)9-10-18(17)19(20)12-14-21(20,22)4-2/h2,7,16-19,22H,3,5-6,8-14H2,1H3/t16-,17-,18+,19+,20-,21?/m0/s1. The highest BCUT2D eigenvalue weighted by atomic mass is 16.3. The summed E-state index contributed by atoms with van der Waals surface area (Å²) in [4.78, 5) is 0. The lowest BCUT2D eigenvalue weighted by molar-refractivity contribution is -0.0993. The molecular formula is C21H30O. The maximum absolute atomic E-state index is 11.1. The molecule has 0 amide bonds. The number of terminal acetylenes is 1. The van der Waals surface area contributed by atoms with E-state index in [4.69, 9.17) is 6.42 Å². The molecule has 1 heteroatoms. The summed E-state index contributed by atoms with van der Waals surface area (Å²) in [6.07, 6.45) is 20.6. The minimum Gasteiger partial charge on any atom is -0.377 e. The van der Waals surface area contributed by atoms with Crippen LogP contribution in [0.3, 0.4) is 0 Å². The number of hydrogen-bond donors (Lipinski definition) is 1. The first-order chi connectivity index (χ1) is 10.6. The monoisotopic (exact) mass is 298 g/mol. The van der Waals surface area contributed by atoms with Gasteiger partial charge in [-0.05, 0) is 87.9 Å². The maximum atomic E-state index is 11.1. The number of hydrogen-bond acceptors (Lipinski definition) is 1. The summed E-state index contributed by atoms with van der Waals surface area (Å²) in [5.41, 5.74) is 0.959. The van der Waals surface area contributed by atoms with Gasteiger partial charge in [0.2, 0.25) is 0 Å². The molecule has 0 aromatic carbocycles. The highest BCUT2D eigenvalue weighted by molar-refractivity contribution is 5.26. The number of fused-ring (bicyclic) bond motifs is 5. The highest BCUT2D eigenvalue weighted by Crippen LogP contribution is 2.66. The normalized spacial score (nSPS) is 50.3. The van der Waals surface area contributed by atoms with E-state index < -0.39 is 5.60 Å². The predicted octanol–water partition coefficient (Wildman–Crippen LogP) is 4.70. The topological polar surface area (TPSA) is 20.2 Å². The van der Waals surface area contributed by atoms with E-state index in [0.29, 0.717) is 5.92 Å². The van der Waals surface area contributed by atoms with Crippen LogP contribution >= 0.6 is 0 Å². The van der Waals surface area contributed by atoms with Crippen molar-refractivity contribution in [3.63, 3.8) is 0 Å². The summed E-state index contributed by atoms with van der Waals surface area (Å²) in [6.45, 7) is 2.26. The van der Waals surface area contributed by atoms with Crippen molar-refractivity contribution in [1.29, 1.82) is 0 Å². The number of rotatable bonds is 1. The Morgan fingerprint density at radius 1 is 1.23 bits per heavy atom. The zero-order chi connectivity index (χ0) is 15.4. The van der Waals surface area contributed by atoms with Gasteiger partial charge in [-0.3, -0.25) is 0 Å². The molecule has 0 bridgehead atoms. The Morgan fingerprint density at radius 2 is 2.09 bits per heavy atom. The van der Waals surface area contributed by atoms with Gasteiger partial charge in [0.25, 0.3) is 0 Å². The number of allylic oxidation sites excluding steroid dienone is 2. The van der Waals surface area contributed by atoms with Crippen molar-refractivity contribution in [2.75, 3.05) is 0 Å². The Hall–Kier alpha value is -0.740. The molecule has 0 aliphatic heterocycles. The lowest BCUT2D eigenvalue weighted by Gasteiger charge is -2.56. The van der Waals surface area contributed by atoms with Gasteiger partial charge in [-0.25, -0.2) is 0 Å². The van der Waals surface area contributed by atoms with Crippen molar-refractivity contribution in [2.24, 2.45) is 29.1 Å². The molecular weight excluding hydrogens is 268 g/mol. The van der Waals surface area contributed by atoms with E-state index >= 15 is 0 Å². The molecule has 3 fully saturated rings. The Balaban J connectivity index is 1.68. The van der Waals surface area contributed by atoms with Crippen molar-refractivity contribution < 1.29 is 5.11 Å². The summed E-state index contributed by atoms with van der Waals surface area (Å²) in [6, 6.07) is 0. The summed E-state index contributed by atoms with van der Waals surface area (Å²) >= 11 is 0. The highest BCUT2D eigenvalue weighted by Gasteiger charge is 2.63. The van der Waals surface area contributed by atoms with Gasteiger partial charge in [-0.1, -0.05) is 24.5 Å². The van der Waals surface area contributed by atoms with E-state index in [1.165, 1.54) is 38.5 Å². The van der Waals surface area contributed by atoms with Crippen molar-refractivity contribution in [2.45, 2.75) is 76.7 Å². The predicted molar refractivity (Wildman–Crippen MR) is 90.1 cm³/mol. The van der Waals surface area contributed by atoms with E-state index in [1.54, 1.807) is 5.57 Å². The Morgan fingerprint density at radius 3 is 2.86 bits per heavy atom. The van der Waals surface area contributed by atoms with Crippen molar-refractivity contribution >= 4 is 0 Å². The van der Waals surface area contributed by atoms with Gasteiger partial charge >= 0.3 is 0 Å². The second-order valence-corrected chi connectivity index (χ2v) is 8.38. The molecule has 0 aromatic rings. The van der Waals surface area contributed by atoms with Crippen LogP contribution in [0, 0.1) is 41.4 Å². The smallest absolute Gasteiger partial charge is 0.131 e. The van der Waals surface area contributed by atoms with E-state index in [2.05, 4.69) is 18.9 Å². The molecule has 3 saturated carbocycles. The van der Waals surface area contributed by atoms with Gasteiger partial charge in [-0.15, -0.1) is 6.42 Å². The third kappa shape index (κ3) is 1.77. The molecule has 4 aliphatic rings. The Kier molecular flexibility index (Phi) is 3.46. The minimum atomic E-state index is -0.833. The van der Waals surface area contributed by atoms with Crippen LogP contribution in [-0.2, 0) is 0 Å². The summed E-state index contributed by atoms with van der Waals surface area (Å²) in [7, 11) is 0. The maximum Gasteiger partial charge on any atom is 0.131 e. The first-order valence-corrected chi connectivity index (χ1v) is 9.54. The van der Waals surface area contributed by atoms with Crippen LogP contribution in [0.4, 0.5) is 0 Å². The molecule has 4 rings (SSSR count). The fourth-order valence-corrected chi connectivity index (χ4v) is 7.08. The Bertz CT molecular complexity index is 527. The molecule has 0 saturated heterocycles. The fourth-order valence-electron chi connectivity index (χ4n) is 7.08. The summed E-state index contributed by atoms with van der Waals surface area (Å²) in [5.74, 6) is 6.05. The lowest BCUT2D eigenvalue weighted by atomic mass is 9.49. The van der Waals surface area contributed by atoms with Crippen molar-refractivity contribution in [3.05, 3.63) is 11.6 Å². The quantitative estimate of drug-likeness (QED) is 0.549. The van der Waals surface area contributed by atoms with E-state index in [9.17, 15) is 5.11 Å². The van der Waals surface area contributed by atoms with E-state index in [1.807, 2.05) is 0 Å². The van der Waals surface area contributed by atoms with Gasteiger partial charge in [-0.2, -0.15) is 0 Å². The minimum absolute atomic E-state index is 0.0127. The molecule has 6 atom stereocenters. The van der Waals surface area contributed by atoms with Crippen LogP contribution < -0.4 is 0 Å². The lowest BCUT2D eigenvalue weighted by Crippen LogP contribution is -2.53. The average molecular weight is 298 g/mol. The average Bonchev–Trinajstić information content (AvgIpc) is 2.89. The molecule has 1 N–H and O–H groups in total. The molecule has 0 spiro atoms. The van der Waals surface area contributed by atoms with Gasteiger partial charge in [0.05, 0.1) is 0 Å². The molecule has 0 heterocycles. The van der Waals surface area contributed by atoms with Gasteiger partial charge < -0.3 is 5.11 Å². The third-order valence-electron chi connectivity index (χ3n) is 8.10. The van der Waals surface area contributed by atoms with Crippen LogP contribution in [-0.4, -0.2) is 10.7 Å². The van der Waals surface area contributed by atoms with Crippen LogP contribution in [0.2, 0.25) is 0 Å². The van der Waals surface area contributed by atoms with Crippen molar-refractivity contribution in [1.82, 2.24) is 0 Å². The SMILES string of the molecule is C#CC1(O)CC[C@@H]2[C@@H]3CCC4=CCCC[C@@H]4[C@@H]3CC[C@@]21CC. The Labute approximate surface area is 135 Å². The molecule has 120 valence electrons. The molecule has 1 nitrogen and oxygen atoms in total. The van der Waals surface area contributed by atoms with E-state index in [0.717, 1.165) is 43.4 Å². The zero-order valence-electron chi connectivity index (χ0n) is 14.0. The molecule has 4 aliphatic carbocycles. The number of aliphatic hydroxyl groups is 1. The molecule has 0 aromatic heterocycles. The largest absolute Gasteiger partial charge is 0.377 e. The van der Waals surface area contributed by atoms with Gasteiger partial charge in [0, 0.05) is 5.41 Å². The first kappa shape index (κ1) is 14.8. The molecule has 0 radical (unpaired) electrons. The molecule has 22 heavy (non-hydrogen) atoms. The second-order valence-electron chi connectivity index (χ2n) is 8.38. The second kappa shape index (κ2) is 5.13. The first-order valence-electron chi connectivity index (χ1n) is 9.54.